The van der Waals surface area contributed by atoms with Gasteiger partial charge in [-0.2, -0.15) is 0 Å². The van der Waals surface area contributed by atoms with Gasteiger partial charge in [-0.05, 0) is 97.1 Å². The van der Waals surface area contributed by atoms with E-state index < -0.39 is 0 Å². The van der Waals surface area contributed by atoms with Crippen molar-refractivity contribution in [3.05, 3.63) is 194 Å². The molecule has 0 saturated heterocycles. The summed E-state index contributed by atoms with van der Waals surface area (Å²) in [6, 6.07) is 64.9. The Morgan fingerprint density at radius 3 is 0.926 bits per heavy atom. The van der Waals surface area contributed by atoms with Crippen molar-refractivity contribution in [2.45, 2.75) is 0 Å². The summed E-state index contributed by atoms with van der Waals surface area (Å²) in [4.78, 5) is 4.39. The number of anilines is 6. The van der Waals surface area contributed by atoms with Crippen molar-refractivity contribution in [1.29, 1.82) is 0 Å². The fourth-order valence-corrected chi connectivity index (χ4v) is 6.51. The molecule has 54 heavy (non-hydrogen) atoms. The third kappa shape index (κ3) is 6.51. The highest BCUT2D eigenvalue weighted by Gasteiger charge is 2.21. The van der Waals surface area contributed by atoms with E-state index in [1.54, 1.807) is 0 Å². The number of rotatable bonds is 10. The summed E-state index contributed by atoms with van der Waals surface area (Å²) in [7, 11) is 0. The van der Waals surface area contributed by atoms with E-state index >= 15 is 0 Å². The summed E-state index contributed by atoms with van der Waals surface area (Å²) in [5, 5.41) is 17.9. The first-order valence-electron chi connectivity index (χ1n) is 17.6. The van der Waals surface area contributed by atoms with Crippen LogP contribution in [0.2, 0.25) is 0 Å². The molecule has 0 spiro atoms. The third-order valence-corrected chi connectivity index (χ3v) is 9.00. The molecule has 9 rings (SSSR count). The van der Waals surface area contributed by atoms with Crippen molar-refractivity contribution in [2.75, 3.05) is 9.80 Å². The van der Waals surface area contributed by atoms with Crippen LogP contribution in [0, 0.1) is 0 Å². The maximum atomic E-state index is 6.35. The Balaban J connectivity index is 1.02. The van der Waals surface area contributed by atoms with Crippen LogP contribution < -0.4 is 9.80 Å². The van der Waals surface area contributed by atoms with Gasteiger partial charge in [0.2, 0.25) is 23.6 Å². The van der Waals surface area contributed by atoms with Crippen LogP contribution in [0.1, 0.15) is 0 Å². The summed E-state index contributed by atoms with van der Waals surface area (Å²) in [6.45, 7) is 0. The lowest BCUT2D eigenvalue weighted by Crippen LogP contribution is -2.09. The average molecular weight is 701 g/mol. The Labute approximate surface area is 312 Å². The third-order valence-electron chi connectivity index (χ3n) is 9.00. The SMILES string of the molecule is c1ccc(N(c2ccccc2)c2cccc(-c3nnc(-c4ccccc4-c4nnc(-c5cccc(N(c6ccccc6)c6ccccc6)c5)o4)o3)c2)cc1. The van der Waals surface area contributed by atoms with E-state index in [2.05, 4.69) is 103 Å². The van der Waals surface area contributed by atoms with Crippen molar-refractivity contribution >= 4 is 34.1 Å². The molecule has 0 fully saturated rings. The van der Waals surface area contributed by atoms with Crippen molar-refractivity contribution in [3.63, 3.8) is 0 Å². The molecule has 0 aliphatic rings. The lowest BCUT2D eigenvalue weighted by Gasteiger charge is -2.25. The molecule has 0 aliphatic heterocycles. The molecule has 0 saturated carbocycles. The van der Waals surface area contributed by atoms with Crippen LogP contribution in [-0.4, -0.2) is 20.4 Å². The molecule has 0 amide bonds. The van der Waals surface area contributed by atoms with E-state index in [0.717, 1.165) is 45.3 Å². The topological polar surface area (TPSA) is 84.3 Å². The molecule has 8 nitrogen and oxygen atoms in total. The molecule has 258 valence electrons. The highest BCUT2D eigenvalue weighted by atomic mass is 16.4. The van der Waals surface area contributed by atoms with Crippen molar-refractivity contribution in [1.82, 2.24) is 20.4 Å². The van der Waals surface area contributed by atoms with E-state index in [1.807, 2.05) is 121 Å². The molecule has 0 unspecified atom stereocenters. The van der Waals surface area contributed by atoms with Crippen molar-refractivity contribution in [2.24, 2.45) is 0 Å². The van der Waals surface area contributed by atoms with Crippen LogP contribution in [0.4, 0.5) is 34.1 Å². The molecule has 8 heteroatoms. The van der Waals surface area contributed by atoms with Gasteiger partial charge >= 0.3 is 0 Å². The molecule has 0 N–H and O–H groups in total. The molecule has 9 aromatic rings. The smallest absolute Gasteiger partial charge is 0.248 e. The Morgan fingerprint density at radius 2 is 0.574 bits per heavy atom. The second-order valence-corrected chi connectivity index (χ2v) is 12.5. The molecular weight excluding hydrogens is 669 g/mol. The van der Waals surface area contributed by atoms with Crippen LogP contribution in [0.15, 0.2) is 203 Å². The van der Waals surface area contributed by atoms with Gasteiger partial charge in [0.05, 0.1) is 11.1 Å². The zero-order valence-electron chi connectivity index (χ0n) is 29.0. The van der Waals surface area contributed by atoms with E-state index in [1.165, 1.54) is 0 Å². The van der Waals surface area contributed by atoms with Gasteiger partial charge in [-0.15, -0.1) is 20.4 Å². The van der Waals surface area contributed by atoms with Gasteiger partial charge < -0.3 is 18.6 Å². The van der Waals surface area contributed by atoms with Crippen molar-refractivity contribution in [3.8, 4) is 45.8 Å². The maximum absolute atomic E-state index is 6.35. The van der Waals surface area contributed by atoms with E-state index in [-0.39, 0.29) is 0 Å². The monoisotopic (exact) mass is 700 g/mol. The fourth-order valence-electron chi connectivity index (χ4n) is 6.51. The Kier molecular flexibility index (Phi) is 8.73. The molecule has 0 aliphatic carbocycles. The number of hydrogen-bond donors (Lipinski definition) is 0. The second kappa shape index (κ2) is 14.6. The summed E-state index contributed by atoms with van der Waals surface area (Å²) in [6.07, 6.45) is 0. The second-order valence-electron chi connectivity index (χ2n) is 12.5. The quantitative estimate of drug-likeness (QED) is 0.139. The number of aromatic nitrogens is 4. The molecule has 7 aromatic carbocycles. The Morgan fingerprint density at radius 1 is 0.278 bits per heavy atom. The Hall–Kier alpha value is -7.58. The van der Waals surface area contributed by atoms with E-state index in [0.29, 0.717) is 34.7 Å². The summed E-state index contributed by atoms with van der Waals surface area (Å²) in [5.74, 6) is 1.48. The predicted octanol–water partition coefficient (Wildman–Crippen LogP) is 12.1. The zero-order chi connectivity index (χ0) is 36.1. The first kappa shape index (κ1) is 32.3. The number of hydrogen-bond acceptors (Lipinski definition) is 8. The largest absolute Gasteiger partial charge is 0.416 e. The minimum atomic E-state index is 0.345. The van der Waals surface area contributed by atoms with E-state index in [9.17, 15) is 0 Å². The Bertz CT molecular complexity index is 2360. The van der Waals surface area contributed by atoms with Crippen LogP contribution in [0.3, 0.4) is 0 Å². The first-order chi connectivity index (χ1) is 26.8. The van der Waals surface area contributed by atoms with Gasteiger partial charge in [0.25, 0.3) is 0 Å². The molecule has 0 atom stereocenters. The summed E-state index contributed by atoms with van der Waals surface area (Å²) < 4.78 is 12.7. The zero-order valence-corrected chi connectivity index (χ0v) is 29.0. The van der Waals surface area contributed by atoms with Gasteiger partial charge in [0, 0.05) is 45.3 Å². The van der Waals surface area contributed by atoms with Gasteiger partial charge in [-0.1, -0.05) is 97.1 Å². The highest BCUT2D eigenvalue weighted by Crippen LogP contribution is 2.39. The number of benzene rings is 7. The van der Waals surface area contributed by atoms with Crippen molar-refractivity contribution < 1.29 is 8.83 Å². The van der Waals surface area contributed by atoms with Crippen LogP contribution in [-0.2, 0) is 0 Å². The fraction of sp³-hybridized carbons (Fsp3) is 0. The van der Waals surface area contributed by atoms with Crippen LogP contribution in [0.5, 0.6) is 0 Å². The minimum absolute atomic E-state index is 0.345. The van der Waals surface area contributed by atoms with E-state index in [4.69, 9.17) is 8.83 Å². The number of nitrogens with zero attached hydrogens (tertiary/aromatic N) is 6. The summed E-state index contributed by atoms with van der Waals surface area (Å²) >= 11 is 0. The van der Waals surface area contributed by atoms with Crippen LogP contribution >= 0.6 is 0 Å². The standard InChI is InChI=1S/C46H32N6O2/c1-5-19-35(20-6-1)51(36-21-7-2-8-22-36)39-27-15-17-33(31-39)43-47-49-45(53-43)41-29-13-14-30-42(41)46-50-48-44(54-46)34-18-16-28-40(32-34)52(37-23-9-3-10-24-37)38-25-11-4-12-26-38/h1-32H. The van der Waals surface area contributed by atoms with Gasteiger partial charge in [-0.3, -0.25) is 0 Å². The molecule has 0 radical (unpaired) electrons. The van der Waals surface area contributed by atoms with Gasteiger partial charge in [-0.25, -0.2) is 0 Å². The maximum Gasteiger partial charge on any atom is 0.248 e. The minimum Gasteiger partial charge on any atom is -0.416 e. The first-order valence-corrected chi connectivity index (χ1v) is 17.6. The average Bonchev–Trinajstić information content (AvgIpc) is 3.95. The lowest BCUT2D eigenvalue weighted by molar-refractivity contribution is 0.577. The predicted molar refractivity (Wildman–Crippen MR) is 213 cm³/mol. The molecular formula is C46H32N6O2. The molecule has 0 bridgehead atoms. The highest BCUT2D eigenvalue weighted by molar-refractivity contribution is 5.81. The lowest BCUT2D eigenvalue weighted by atomic mass is 10.1. The number of para-hydroxylation sites is 4. The van der Waals surface area contributed by atoms with Crippen LogP contribution in [0.25, 0.3) is 45.8 Å². The summed E-state index contributed by atoms with van der Waals surface area (Å²) in [5.41, 5.74) is 9.03. The normalized spacial score (nSPS) is 11.0. The molecule has 2 aromatic heterocycles. The molecule has 2 heterocycles. The van der Waals surface area contributed by atoms with Gasteiger partial charge in [0.15, 0.2) is 0 Å². The van der Waals surface area contributed by atoms with Gasteiger partial charge in [0.1, 0.15) is 0 Å².